The van der Waals surface area contributed by atoms with Gasteiger partial charge in [-0.2, -0.15) is 0 Å². The second-order valence-electron chi connectivity index (χ2n) is 7.07. The Morgan fingerprint density at radius 1 is 1.13 bits per heavy atom. The molecule has 0 unspecified atom stereocenters. The summed E-state index contributed by atoms with van der Waals surface area (Å²) in [5.41, 5.74) is 1.95. The van der Waals surface area contributed by atoms with Gasteiger partial charge in [0.15, 0.2) is 0 Å². The number of pyridine rings is 1. The zero-order valence-electron chi connectivity index (χ0n) is 16.7. The molecule has 1 aromatic heterocycles. The van der Waals surface area contributed by atoms with Crippen LogP contribution in [0.1, 0.15) is 22.7 Å². The Kier molecular flexibility index (Phi) is 5.86. The van der Waals surface area contributed by atoms with E-state index < -0.39 is 17.7 Å². The number of aliphatic hydroxyl groups is 1. The molecule has 0 aliphatic carbocycles. The Hall–Kier alpha value is -3.45. The maximum absolute atomic E-state index is 13.1. The van der Waals surface area contributed by atoms with Crippen molar-refractivity contribution in [1.82, 2.24) is 9.88 Å². The minimum atomic E-state index is -0.737. The predicted octanol–water partition coefficient (Wildman–Crippen LogP) is 4.47. The molecule has 156 valence electrons. The quantitative estimate of drug-likeness (QED) is 0.332. The van der Waals surface area contributed by atoms with Gasteiger partial charge in [0.25, 0.3) is 11.7 Å². The van der Waals surface area contributed by atoms with Gasteiger partial charge in [0.2, 0.25) is 0 Å². The number of carbonyl (C=O) groups excluding carboxylic acids is 2. The van der Waals surface area contributed by atoms with Gasteiger partial charge in [-0.3, -0.25) is 14.6 Å². The standard InChI is InChI=1S/C24H19BrN2O4/c1-31-19-6-2-5-17(12-19)22(28)20-21(16-7-9-18(25)10-8-16)27(24(30)23(20)29)14-15-4-3-11-26-13-15/h2-13,21,28H,14H2,1H3/t21-/m1/s1. The van der Waals surface area contributed by atoms with Crippen LogP contribution in [0.15, 0.2) is 83.1 Å². The van der Waals surface area contributed by atoms with E-state index in [0.29, 0.717) is 11.3 Å². The molecule has 2 heterocycles. The van der Waals surface area contributed by atoms with Gasteiger partial charge in [-0.1, -0.05) is 46.3 Å². The van der Waals surface area contributed by atoms with Crippen LogP contribution in [0, 0.1) is 0 Å². The summed E-state index contributed by atoms with van der Waals surface area (Å²) < 4.78 is 6.10. The van der Waals surface area contributed by atoms with Crippen LogP contribution in [0.4, 0.5) is 0 Å². The minimum Gasteiger partial charge on any atom is -0.507 e. The number of hydrogen-bond donors (Lipinski definition) is 1. The Bertz CT molecular complexity index is 1160. The van der Waals surface area contributed by atoms with Crippen molar-refractivity contribution in [3.8, 4) is 5.75 Å². The topological polar surface area (TPSA) is 79.7 Å². The van der Waals surface area contributed by atoms with Crippen LogP contribution in [0.5, 0.6) is 5.75 Å². The fourth-order valence-corrected chi connectivity index (χ4v) is 3.91. The monoisotopic (exact) mass is 478 g/mol. The maximum atomic E-state index is 13.1. The molecule has 4 rings (SSSR count). The number of Topliss-reactive ketones (excluding diaryl/α,β-unsaturated/α-hetero) is 1. The summed E-state index contributed by atoms with van der Waals surface area (Å²) in [5, 5.41) is 11.1. The number of halogens is 1. The van der Waals surface area contributed by atoms with Crippen molar-refractivity contribution < 1.29 is 19.4 Å². The molecule has 1 amide bonds. The smallest absolute Gasteiger partial charge is 0.295 e. The number of likely N-dealkylation sites (tertiary alicyclic amines) is 1. The van der Waals surface area contributed by atoms with Crippen LogP contribution in [-0.2, 0) is 16.1 Å². The summed E-state index contributed by atoms with van der Waals surface area (Å²) in [6, 6.07) is 17.0. The van der Waals surface area contributed by atoms with E-state index in [1.165, 1.54) is 12.0 Å². The molecular weight excluding hydrogens is 460 g/mol. The van der Waals surface area contributed by atoms with Crippen molar-refractivity contribution in [2.45, 2.75) is 12.6 Å². The van der Waals surface area contributed by atoms with Crippen LogP contribution >= 0.6 is 15.9 Å². The number of ketones is 1. The number of aromatic nitrogens is 1. The number of methoxy groups -OCH3 is 1. The van der Waals surface area contributed by atoms with Crippen molar-refractivity contribution in [3.05, 3.63) is 99.8 Å². The first kappa shape index (κ1) is 20.8. The number of aliphatic hydroxyl groups excluding tert-OH is 1. The molecule has 1 aliphatic rings. The van der Waals surface area contributed by atoms with Crippen LogP contribution in [0.2, 0.25) is 0 Å². The second-order valence-corrected chi connectivity index (χ2v) is 7.99. The molecule has 6 nitrogen and oxygen atoms in total. The highest BCUT2D eigenvalue weighted by atomic mass is 79.9. The molecule has 1 fully saturated rings. The minimum absolute atomic E-state index is 0.0458. The lowest BCUT2D eigenvalue weighted by Crippen LogP contribution is -2.29. The van der Waals surface area contributed by atoms with Gasteiger partial charge in [-0.15, -0.1) is 0 Å². The molecule has 2 aromatic carbocycles. The highest BCUT2D eigenvalue weighted by Crippen LogP contribution is 2.40. The molecule has 0 saturated carbocycles. The highest BCUT2D eigenvalue weighted by molar-refractivity contribution is 9.10. The van der Waals surface area contributed by atoms with Gasteiger partial charge < -0.3 is 14.7 Å². The van der Waals surface area contributed by atoms with E-state index in [-0.39, 0.29) is 17.9 Å². The zero-order chi connectivity index (χ0) is 22.0. The van der Waals surface area contributed by atoms with E-state index >= 15 is 0 Å². The summed E-state index contributed by atoms with van der Waals surface area (Å²) in [4.78, 5) is 31.6. The molecule has 1 saturated heterocycles. The van der Waals surface area contributed by atoms with Crippen molar-refractivity contribution >= 4 is 33.4 Å². The number of ether oxygens (including phenoxy) is 1. The molecule has 0 radical (unpaired) electrons. The lowest BCUT2D eigenvalue weighted by molar-refractivity contribution is -0.140. The summed E-state index contributed by atoms with van der Waals surface area (Å²) in [5.74, 6) is -1.09. The van der Waals surface area contributed by atoms with E-state index in [4.69, 9.17) is 4.74 Å². The van der Waals surface area contributed by atoms with Gasteiger partial charge >= 0.3 is 0 Å². The average Bonchev–Trinajstić information content (AvgIpc) is 3.05. The number of hydrogen-bond acceptors (Lipinski definition) is 5. The first-order chi connectivity index (χ1) is 15.0. The third-order valence-electron chi connectivity index (χ3n) is 5.14. The molecular formula is C24H19BrN2O4. The molecule has 1 atom stereocenters. The number of rotatable bonds is 5. The second kappa shape index (κ2) is 8.73. The SMILES string of the molecule is COc1cccc(C(O)=C2C(=O)C(=O)N(Cc3cccnc3)[C@@H]2c2ccc(Br)cc2)c1. The third kappa shape index (κ3) is 4.09. The normalized spacial score (nSPS) is 17.7. The number of benzene rings is 2. The van der Waals surface area contributed by atoms with Crippen molar-refractivity contribution in [1.29, 1.82) is 0 Å². The first-order valence-corrected chi connectivity index (χ1v) is 10.4. The molecule has 0 spiro atoms. The molecule has 1 N–H and O–H groups in total. The van der Waals surface area contributed by atoms with Crippen LogP contribution < -0.4 is 4.74 Å². The van der Waals surface area contributed by atoms with Gasteiger partial charge in [-0.25, -0.2) is 0 Å². The lowest BCUT2D eigenvalue weighted by atomic mass is 9.95. The largest absolute Gasteiger partial charge is 0.507 e. The van der Waals surface area contributed by atoms with Crippen LogP contribution in [0.3, 0.4) is 0 Å². The van der Waals surface area contributed by atoms with E-state index in [1.54, 1.807) is 42.7 Å². The Labute approximate surface area is 187 Å². The van der Waals surface area contributed by atoms with Gasteiger partial charge in [0, 0.05) is 29.0 Å². The Morgan fingerprint density at radius 2 is 1.90 bits per heavy atom. The summed E-state index contributed by atoms with van der Waals surface area (Å²) in [7, 11) is 1.52. The van der Waals surface area contributed by atoms with Crippen molar-refractivity contribution in [2.75, 3.05) is 7.11 Å². The molecule has 7 heteroatoms. The third-order valence-corrected chi connectivity index (χ3v) is 5.67. The predicted molar refractivity (Wildman–Crippen MR) is 119 cm³/mol. The maximum Gasteiger partial charge on any atom is 0.295 e. The van der Waals surface area contributed by atoms with Gasteiger partial charge in [0.1, 0.15) is 11.5 Å². The van der Waals surface area contributed by atoms with E-state index in [1.807, 2.05) is 30.3 Å². The summed E-state index contributed by atoms with van der Waals surface area (Å²) in [6.45, 7) is 0.189. The number of amides is 1. The van der Waals surface area contributed by atoms with Crippen molar-refractivity contribution in [3.63, 3.8) is 0 Å². The average molecular weight is 479 g/mol. The molecule has 31 heavy (non-hydrogen) atoms. The number of nitrogens with zero attached hydrogens (tertiary/aromatic N) is 2. The Morgan fingerprint density at radius 3 is 2.58 bits per heavy atom. The Balaban J connectivity index is 1.86. The lowest BCUT2D eigenvalue weighted by Gasteiger charge is -2.25. The zero-order valence-corrected chi connectivity index (χ0v) is 18.2. The summed E-state index contributed by atoms with van der Waals surface area (Å²) >= 11 is 3.41. The molecule has 1 aliphatic heterocycles. The van der Waals surface area contributed by atoms with Gasteiger partial charge in [0.05, 0.1) is 18.7 Å². The fourth-order valence-electron chi connectivity index (χ4n) is 3.65. The van der Waals surface area contributed by atoms with E-state index in [0.717, 1.165) is 15.6 Å². The molecule has 0 bridgehead atoms. The molecule has 3 aromatic rings. The highest BCUT2D eigenvalue weighted by Gasteiger charge is 2.46. The van der Waals surface area contributed by atoms with E-state index in [2.05, 4.69) is 20.9 Å². The van der Waals surface area contributed by atoms with Crippen LogP contribution in [0.25, 0.3) is 5.76 Å². The summed E-state index contributed by atoms with van der Waals surface area (Å²) in [6.07, 6.45) is 3.30. The van der Waals surface area contributed by atoms with E-state index in [9.17, 15) is 14.7 Å². The van der Waals surface area contributed by atoms with Crippen LogP contribution in [-0.4, -0.2) is 33.8 Å². The van der Waals surface area contributed by atoms with Crippen molar-refractivity contribution in [2.24, 2.45) is 0 Å². The number of carbonyl (C=O) groups is 2. The first-order valence-electron chi connectivity index (χ1n) is 9.57. The fraction of sp³-hybridized carbons (Fsp3) is 0.125. The van der Waals surface area contributed by atoms with Gasteiger partial charge in [-0.05, 0) is 41.5 Å².